The predicted molar refractivity (Wildman–Crippen MR) is 88.3 cm³/mol. The van der Waals surface area contributed by atoms with Crippen LogP contribution in [0.4, 0.5) is 0 Å². The zero-order chi connectivity index (χ0) is 14.1. The fraction of sp³-hybridized carbons (Fsp3) is 1.00. The van der Waals surface area contributed by atoms with Gasteiger partial charge in [0.05, 0.1) is 12.2 Å². The van der Waals surface area contributed by atoms with Crippen LogP contribution < -0.4 is 0 Å². The molecule has 0 aromatic carbocycles. The molecular formula is C15H30O2S2. The smallest absolute Gasteiger partial charge is 0.163 e. The van der Waals surface area contributed by atoms with Gasteiger partial charge in [-0.15, -0.1) is 0 Å². The van der Waals surface area contributed by atoms with E-state index in [1.54, 1.807) is 0 Å². The summed E-state index contributed by atoms with van der Waals surface area (Å²) in [6.45, 7) is 8.55. The summed E-state index contributed by atoms with van der Waals surface area (Å²) < 4.78 is 12.1. The molecule has 1 fully saturated rings. The molecule has 0 aromatic rings. The molecule has 1 aliphatic rings. The highest BCUT2D eigenvalue weighted by Gasteiger charge is 2.40. The van der Waals surface area contributed by atoms with Crippen molar-refractivity contribution in [3.8, 4) is 0 Å². The number of unbranched alkanes of at least 4 members (excludes halogenated alkanes) is 2. The Labute approximate surface area is 127 Å². The molecule has 19 heavy (non-hydrogen) atoms. The maximum atomic E-state index is 6.04. The van der Waals surface area contributed by atoms with Crippen molar-refractivity contribution >= 4 is 23.5 Å². The van der Waals surface area contributed by atoms with Gasteiger partial charge in [0, 0.05) is 11.5 Å². The summed E-state index contributed by atoms with van der Waals surface area (Å²) >= 11 is 4.02. The zero-order valence-corrected chi connectivity index (χ0v) is 14.6. The summed E-state index contributed by atoms with van der Waals surface area (Å²) in [5, 5.41) is 0. The van der Waals surface area contributed by atoms with E-state index < -0.39 is 5.79 Å². The molecule has 0 saturated carbocycles. The van der Waals surface area contributed by atoms with Gasteiger partial charge in [-0.25, -0.2) is 0 Å². The highest BCUT2D eigenvalue weighted by atomic mass is 32.2. The second kappa shape index (κ2) is 9.54. The van der Waals surface area contributed by atoms with Crippen LogP contribution in [0.1, 0.15) is 53.4 Å². The number of hydrogen-bond acceptors (Lipinski definition) is 4. The quantitative estimate of drug-likeness (QED) is 0.550. The zero-order valence-electron chi connectivity index (χ0n) is 12.9. The van der Waals surface area contributed by atoms with Gasteiger partial charge < -0.3 is 9.47 Å². The maximum absolute atomic E-state index is 6.04. The first kappa shape index (κ1) is 17.7. The molecule has 114 valence electrons. The predicted octanol–water partition coefficient (Wildman–Crippen LogP) is 4.57. The molecule has 0 amide bonds. The molecule has 0 spiro atoms. The van der Waals surface area contributed by atoms with Crippen molar-refractivity contribution in [3.05, 3.63) is 0 Å². The van der Waals surface area contributed by atoms with E-state index in [1.165, 1.54) is 37.2 Å². The van der Waals surface area contributed by atoms with E-state index in [-0.39, 0.29) is 12.2 Å². The number of rotatable bonds is 10. The Bertz CT molecular complexity index is 212. The Morgan fingerprint density at radius 3 is 1.63 bits per heavy atom. The third kappa shape index (κ3) is 7.26. The van der Waals surface area contributed by atoms with Crippen LogP contribution in [0.2, 0.25) is 0 Å². The van der Waals surface area contributed by atoms with Gasteiger partial charge in [0.15, 0.2) is 5.79 Å². The van der Waals surface area contributed by atoms with Crippen molar-refractivity contribution in [2.24, 2.45) is 0 Å². The highest BCUT2D eigenvalue weighted by Crippen LogP contribution is 2.32. The average Bonchev–Trinajstić information content (AvgIpc) is 2.65. The Hall–Kier alpha value is 0.620. The Morgan fingerprint density at radius 2 is 1.26 bits per heavy atom. The van der Waals surface area contributed by atoms with Gasteiger partial charge in [-0.2, -0.15) is 23.5 Å². The number of ether oxygens (including phenoxy) is 2. The molecule has 1 saturated heterocycles. The van der Waals surface area contributed by atoms with Crippen LogP contribution in [-0.2, 0) is 9.47 Å². The van der Waals surface area contributed by atoms with Crippen molar-refractivity contribution in [1.82, 2.24) is 0 Å². The van der Waals surface area contributed by atoms with E-state index in [2.05, 4.69) is 13.8 Å². The third-order valence-corrected chi connectivity index (χ3v) is 5.42. The lowest BCUT2D eigenvalue weighted by Crippen LogP contribution is -2.27. The van der Waals surface area contributed by atoms with E-state index in [4.69, 9.17) is 9.47 Å². The third-order valence-electron chi connectivity index (χ3n) is 3.13. The van der Waals surface area contributed by atoms with Crippen LogP contribution >= 0.6 is 23.5 Å². The summed E-state index contributed by atoms with van der Waals surface area (Å²) in [6.07, 6.45) is 5.69. The molecule has 1 heterocycles. The van der Waals surface area contributed by atoms with Crippen LogP contribution in [0.15, 0.2) is 0 Å². The van der Waals surface area contributed by atoms with E-state index in [0.29, 0.717) is 0 Å². The van der Waals surface area contributed by atoms with E-state index in [9.17, 15) is 0 Å². The minimum absolute atomic E-state index is 0.269. The summed E-state index contributed by atoms with van der Waals surface area (Å²) in [7, 11) is 0. The molecule has 0 bridgehead atoms. The van der Waals surface area contributed by atoms with Crippen LogP contribution in [0, 0.1) is 0 Å². The molecule has 2 atom stereocenters. The van der Waals surface area contributed by atoms with Crippen LogP contribution in [0.25, 0.3) is 0 Å². The summed E-state index contributed by atoms with van der Waals surface area (Å²) in [5.41, 5.74) is 0. The number of hydrogen-bond donors (Lipinski definition) is 0. The summed E-state index contributed by atoms with van der Waals surface area (Å²) in [5.74, 6) is 4.23. The summed E-state index contributed by atoms with van der Waals surface area (Å²) in [6, 6.07) is 0. The fourth-order valence-electron chi connectivity index (χ4n) is 2.08. The summed E-state index contributed by atoms with van der Waals surface area (Å²) in [4.78, 5) is 0. The SMILES string of the molecule is CCCCSC[C@@H]1OC(C)(C)O[C@H]1CSCCCC. The molecule has 2 nitrogen and oxygen atoms in total. The Balaban J connectivity index is 2.28. The lowest BCUT2D eigenvalue weighted by molar-refractivity contribution is -0.142. The fourth-order valence-corrected chi connectivity index (χ4v) is 4.43. The van der Waals surface area contributed by atoms with Crippen LogP contribution in [0.3, 0.4) is 0 Å². The second-order valence-electron chi connectivity index (χ2n) is 5.57. The minimum atomic E-state index is -0.397. The molecular weight excluding hydrogens is 276 g/mol. The van der Waals surface area contributed by atoms with Crippen molar-refractivity contribution in [2.75, 3.05) is 23.0 Å². The molecule has 1 aliphatic heterocycles. The topological polar surface area (TPSA) is 18.5 Å². The van der Waals surface area contributed by atoms with E-state index in [0.717, 1.165) is 11.5 Å². The highest BCUT2D eigenvalue weighted by molar-refractivity contribution is 7.99. The van der Waals surface area contributed by atoms with Gasteiger partial charge in [0.25, 0.3) is 0 Å². The standard InChI is InChI=1S/C15H30O2S2/c1-5-7-9-18-11-13-14(12-19-10-8-6-2)17-15(3,4)16-13/h13-14H,5-12H2,1-4H3/t13-,14-/m0/s1. The largest absolute Gasteiger partial charge is 0.344 e. The monoisotopic (exact) mass is 306 g/mol. The van der Waals surface area contributed by atoms with E-state index >= 15 is 0 Å². The van der Waals surface area contributed by atoms with Crippen LogP contribution in [0.5, 0.6) is 0 Å². The molecule has 0 aliphatic carbocycles. The molecule has 0 radical (unpaired) electrons. The Morgan fingerprint density at radius 1 is 0.842 bits per heavy atom. The first-order chi connectivity index (χ1) is 9.09. The average molecular weight is 307 g/mol. The van der Waals surface area contributed by atoms with E-state index in [1.807, 2.05) is 37.4 Å². The van der Waals surface area contributed by atoms with Crippen molar-refractivity contribution in [2.45, 2.75) is 71.4 Å². The first-order valence-electron chi connectivity index (χ1n) is 7.60. The van der Waals surface area contributed by atoms with Gasteiger partial charge >= 0.3 is 0 Å². The second-order valence-corrected chi connectivity index (χ2v) is 7.87. The molecule has 4 heteroatoms. The van der Waals surface area contributed by atoms with Gasteiger partial charge in [0.2, 0.25) is 0 Å². The molecule has 0 N–H and O–H groups in total. The molecule has 0 aromatic heterocycles. The van der Waals surface area contributed by atoms with Crippen molar-refractivity contribution in [3.63, 3.8) is 0 Å². The van der Waals surface area contributed by atoms with Crippen molar-refractivity contribution < 1.29 is 9.47 Å². The molecule has 0 unspecified atom stereocenters. The van der Waals surface area contributed by atoms with Gasteiger partial charge in [-0.3, -0.25) is 0 Å². The Kier molecular flexibility index (Phi) is 8.87. The maximum Gasteiger partial charge on any atom is 0.163 e. The van der Waals surface area contributed by atoms with Crippen LogP contribution in [-0.4, -0.2) is 41.0 Å². The first-order valence-corrected chi connectivity index (χ1v) is 9.91. The lowest BCUT2D eigenvalue weighted by atomic mass is 10.3. The molecule has 1 rings (SSSR count). The van der Waals surface area contributed by atoms with Gasteiger partial charge in [0.1, 0.15) is 0 Å². The van der Waals surface area contributed by atoms with Gasteiger partial charge in [-0.05, 0) is 38.2 Å². The normalized spacial score (nSPS) is 25.9. The minimum Gasteiger partial charge on any atom is -0.344 e. The van der Waals surface area contributed by atoms with Crippen molar-refractivity contribution in [1.29, 1.82) is 0 Å². The number of thioether (sulfide) groups is 2. The lowest BCUT2D eigenvalue weighted by Gasteiger charge is -2.16. The van der Waals surface area contributed by atoms with Gasteiger partial charge in [-0.1, -0.05) is 26.7 Å².